The molecule has 0 aromatic carbocycles. The molecule has 1 atom stereocenters. The molecule has 0 saturated heterocycles. The van der Waals surface area contributed by atoms with Crippen LogP contribution in [0.3, 0.4) is 0 Å². The van der Waals surface area contributed by atoms with Crippen LogP contribution in [-0.4, -0.2) is 71.6 Å². The Balaban J connectivity index is 3.48. The maximum atomic E-state index is 11.9. The number of hydrogen-bond donors (Lipinski definition) is 4. The van der Waals surface area contributed by atoms with Gasteiger partial charge in [-0.15, -0.1) is 0 Å². The van der Waals surface area contributed by atoms with Crippen LogP contribution in [0.5, 0.6) is 0 Å². The van der Waals surface area contributed by atoms with Crippen LogP contribution in [0.1, 0.15) is 96.8 Å². The number of carbonyl (C=O) groups is 1. The molecule has 6 nitrogen and oxygen atoms in total. The summed E-state index contributed by atoms with van der Waals surface area (Å²) in [6.45, 7) is 3.69. The number of hydrogen-bond acceptors (Lipinski definition) is 5. The lowest BCUT2D eigenvalue weighted by Crippen LogP contribution is -2.41. The summed E-state index contributed by atoms with van der Waals surface area (Å²) in [4.78, 5) is 13.8. The van der Waals surface area contributed by atoms with E-state index in [9.17, 15) is 9.90 Å². The fraction of sp³-hybridized carbons (Fsp3) is 0.880. The van der Waals surface area contributed by atoms with E-state index in [1.165, 1.54) is 70.6 Å². The molecule has 184 valence electrons. The van der Waals surface area contributed by atoms with Gasteiger partial charge in [0, 0.05) is 32.6 Å². The molecular weight excluding hydrogens is 392 g/mol. The van der Waals surface area contributed by atoms with Crippen molar-refractivity contribution >= 4 is 5.91 Å². The highest BCUT2D eigenvalue weighted by Crippen LogP contribution is 2.10. The largest absolute Gasteiger partial charge is 0.395 e. The zero-order valence-corrected chi connectivity index (χ0v) is 20.1. The summed E-state index contributed by atoms with van der Waals surface area (Å²) in [7, 11) is 0. The first-order valence-electron chi connectivity index (χ1n) is 12.7. The third-order valence-electron chi connectivity index (χ3n) is 5.51. The zero-order chi connectivity index (χ0) is 23.0. The average Bonchev–Trinajstić information content (AvgIpc) is 2.76. The molecule has 4 N–H and O–H groups in total. The Morgan fingerprint density at radius 1 is 0.871 bits per heavy atom. The number of nitrogens with zero attached hydrogens (tertiary/aromatic N) is 1. The molecule has 0 radical (unpaired) electrons. The fourth-order valence-electron chi connectivity index (χ4n) is 3.59. The molecule has 1 amide bonds. The highest BCUT2D eigenvalue weighted by molar-refractivity contribution is 5.75. The fourth-order valence-corrected chi connectivity index (χ4v) is 3.59. The molecular formula is C25H50N2O4. The second-order valence-corrected chi connectivity index (χ2v) is 8.54. The lowest BCUT2D eigenvalue weighted by Gasteiger charge is -2.23. The van der Waals surface area contributed by atoms with Gasteiger partial charge < -0.3 is 20.6 Å². The topological polar surface area (TPSA) is 93.0 Å². The summed E-state index contributed by atoms with van der Waals surface area (Å²) in [6.07, 6.45) is 20.6. The third kappa shape index (κ3) is 22.0. The van der Waals surface area contributed by atoms with Crippen molar-refractivity contribution in [1.82, 2.24) is 10.2 Å². The van der Waals surface area contributed by atoms with E-state index in [-0.39, 0.29) is 19.1 Å². The molecule has 0 spiro atoms. The molecule has 0 aromatic heterocycles. The van der Waals surface area contributed by atoms with Crippen LogP contribution in [0.25, 0.3) is 0 Å². The van der Waals surface area contributed by atoms with E-state index in [0.717, 1.165) is 12.8 Å². The molecule has 31 heavy (non-hydrogen) atoms. The first-order valence-corrected chi connectivity index (χ1v) is 12.7. The van der Waals surface area contributed by atoms with Gasteiger partial charge in [-0.2, -0.15) is 0 Å². The Hall–Kier alpha value is -0.950. The van der Waals surface area contributed by atoms with Gasteiger partial charge in [0.1, 0.15) is 0 Å². The van der Waals surface area contributed by atoms with Crippen molar-refractivity contribution in [3.8, 4) is 0 Å². The standard InChI is InChI=1S/C25H50N2O4/c1-2-3-4-5-6-7-8-9-10-11-12-13-14-15-16-17-25(31)26-18-19-27(20-21-28)22-24(30)23-29/h9-10,24,28-30H,2-8,11-23H2,1H3,(H,26,31)/b10-9-. The van der Waals surface area contributed by atoms with E-state index >= 15 is 0 Å². The van der Waals surface area contributed by atoms with E-state index in [1.54, 1.807) is 0 Å². The van der Waals surface area contributed by atoms with Crippen molar-refractivity contribution in [3.63, 3.8) is 0 Å². The lowest BCUT2D eigenvalue weighted by atomic mass is 10.1. The normalized spacial score (nSPS) is 12.7. The molecule has 0 bridgehead atoms. The van der Waals surface area contributed by atoms with Crippen LogP contribution in [0.2, 0.25) is 0 Å². The van der Waals surface area contributed by atoms with Gasteiger partial charge in [0.15, 0.2) is 0 Å². The Bertz CT molecular complexity index is 418. The van der Waals surface area contributed by atoms with Crippen LogP contribution >= 0.6 is 0 Å². The monoisotopic (exact) mass is 442 g/mol. The Labute approximate surface area is 191 Å². The van der Waals surface area contributed by atoms with Crippen molar-refractivity contribution in [1.29, 1.82) is 0 Å². The predicted molar refractivity (Wildman–Crippen MR) is 129 cm³/mol. The number of amides is 1. The van der Waals surface area contributed by atoms with Gasteiger partial charge in [-0.1, -0.05) is 70.4 Å². The molecule has 0 rings (SSSR count). The van der Waals surface area contributed by atoms with Crippen LogP contribution in [0.15, 0.2) is 12.2 Å². The minimum absolute atomic E-state index is 0.0129. The molecule has 0 fully saturated rings. The highest BCUT2D eigenvalue weighted by Gasteiger charge is 2.10. The molecule has 0 aliphatic carbocycles. The third-order valence-corrected chi connectivity index (χ3v) is 5.51. The van der Waals surface area contributed by atoms with Crippen LogP contribution in [0.4, 0.5) is 0 Å². The second-order valence-electron chi connectivity index (χ2n) is 8.54. The van der Waals surface area contributed by atoms with E-state index < -0.39 is 6.10 Å². The SMILES string of the molecule is CCCCCCCC/C=C\CCCCCCCC(=O)NCCN(CCO)CC(O)CO. The van der Waals surface area contributed by atoms with E-state index in [1.807, 2.05) is 4.90 Å². The minimum Gasteiger partial charge on any atom is -0.395 e. The first kappa shape index (κ1) is 30.0. The smallest absolute Gasteiger partial charge is 0.220 e. The van der Waals surface area contributed by atoms with Crippen molar-refractivity contribution in [2.24, 2.45) is 0 Å². The van der Waals surface area contributed by atoms with Gasteiger partial charge in [0.25, 0.3) is 0 Å². The molecule has 0 aromatic rings. The number of allylic oxidation sites excluding steroid dienone is 2. The maximum absolute atomic E-state index is 11.9. The molecule has 0 aliphatic heterocycles. The van der Waals surface area contributed by atoms with Gasteiger partial charge >= 0.3 is 0 Å². The summed E-state index contributed by atoms with van der Waals surface area (Å²) in [5.74, 6) is 0.0595. The quantitative estimate of drug-likeness (QED) is 0.143. The number of unbranched alkanes of at least 4 members (excludes halogenated alkanes) is 11. The lowest BCUT2D eigenvalue weighted by molar-refractivity contribution is -0.121. The van der Waals surface area contributed by atoms with E-state index in [2.05, 4.69) is 24.4 Å². The molecule has 0 heterocycles. The maximum Gasteiger partial charge on any atom is 0.220 e. The van der Waals surface area contributed by atoms with Gasteiger partial charge in [-0.3, -0.25) is 9.69 Å². The van der Waals surface area contributed by atoms with Crippen LogP contribution < -0.4 is 5.32 Å². The molecule has 1 unspecified atom stereocenters. The highest BCUT2D eigenvalue weighted by atomic mass is 16.3. The van der Waals surface area contributed by atoms with Gasteiger partial charge in [-0.25, -0.2) is 0 Å². The summed E-state index contributed by atoms with van der Waals surface area (Å²) < 4.78 is 0. The Morgan fingerprint density at radius 2 is 1.45 bits per heavy atom. The van der Waals surface area contributed by atoms with Crippen LogP contribution in [0, 0.1) is 0 Å². The van der Waals surface area contributed by atoms with Gasteiger partial charge in [-0.05, 0) is 32.1 Å². The van der Waals surface area contributed by atoms with Crippen molar-refractivity contribution in [3.05, 3.63) is 12.2 Å². The van der Waals surface area contributed by atoms with Gasteiger partial charge in [0.05, 0.1) is 19.3 Å². The molecule has 6 heteroatoms. The van der Waals surface area contributed by atoms with Crippen LogP contribution in [-0.2, 0) is 4.79 Å². The van der Waals surface area contributed by atoms with Gasteiger partial charge in [0.2, 0.25) is 5.91 Å². The summed E-state index contributed by atoms with van der Waals surface area (Å²) in [5.41, 5.74) is 0. The average molecular weight is 443 g/mol. The predicted octanol–water partition coefficient (Wildman–Crippen LogP) is 3.79. The van der Waals surface area contributed by atoms with E-state index in [0.29, 0.717) is 32.6 Å². The number of carbonyl (C=O) groups excluding carboxylic acids is 1. The second kappa shape index (κ2) is 23.7. The number of aliphatic hydroxyl groups excluding tert-OH is 3. The minimum atomic E-state index is -0.821. The molecule has 0 aliphatic rings. The first-order chi connectivity index (χ1) is 15.1. The van der Waals surface area contributed by atoms with Crippen molar-refractivity contribution in [2.75, 3.05) is 39.4 Å². The van der Waals surface area contributed by atoms with Crippen molar-refractivity contribution < 1.29 is 20.1 Å². The summed E-state index contributed by atoms with van der Waals surface area (Å²) in [6, 6.07) is 0. The number of nitrogens with one attached hydrogen (secondary N) is 1. The number of rotatable bonds is 23. The number of aliphatic hydroxyl groups is 3. The molecule has 0 saturated carbocycles. The summed E-state index contributed by atoms with van der Waals surface area (Å²) in [5, 5.41) is 30.4. The van der Waals surface area contributed by atoms with Crippen molar-refractivity contribution in [2.45, 2.75) is 103 Å². The van der Waals surface area contributed by atoms with E-state index in [4.69, 9.17) is 10.2 Å². The Morgan fingerprint density at radius 3 is 2.03 bits per heavy atom. The zero-order valence-electron chi connectivity index (χ0n) is 20.1. The summed E-state index contributed by atoms with van der Waals surface area (Å²) >= 11 is 0. The Kier molecular flexibility index (Phi) is 23.0.